The molecule has 0 atom stereocenters. The van der Waals surface area contributed by atoms with E-state index in [1.165, 1.54) is 11.6 Å². The van der Waals surface area contributed by atoms with E-state index < -0.39 is 0 Å². The van der Waals surface area contributed by atoms with Gasteiger partial charge in [-0.25, -0.2) is 4.39 Å². The van der Waals surface area contributed by atoms with Gasteiger partial charge in [0, 0.05) is 5.69 Å². The minimum absolute atomic E-state index is 0.326. The van der Waals surface area contributed by atoms with Crippen molar-refractivity contribution in [2.45, 2.75) is 19.8 Å². The van der Waals surface area contributed by atoms with Gasteiger partial charge in [0.15, 0.2) is 5.11 Å². The molecule has 0 spiro atoms. The first-order valence-electron chi connectivity index (χ1n) is 6.49. The van der Waals surface area contributed by atoms with Gasteiger partial charge in [-0.15, -0.1) is 0 Å². The Labute approximate surface area is 124 Å². The minimum atomic E-state index is -0.326. The summed E-state index contributed by atoms with van der Waals surface area (Å²) in [4.78, 5) is 0. The lowest BCUT2D eigenvalue weighted by Crippen LogP contribution is -2.19. The molecule has 0 radical (unpaired) electrons. The molecule has 104 valence electrons. The molecule has 0 saturated carbocycles. The normalized spacial score (nSPS) is 10.4. The van der Waals surface area contributed by atoms with Gasteiger partial charge in [0.25, 0.3) is 0 Å². The number of nitrogens with one attached hydrogen (secondary N) is 2. The maximum Gasteiger partial charge on any atom is 0.175 e. The lowest BCUT2D eigenvalue weighted by atomic mass is 10.0. The monoisotopic (exact) mass is 288 g/mol. The van der Waals surface area contributed by atoms with Crippen LogP contribution in [0.2, 0.25) is 0 Å². The number of benzene rings is 2. The van der Waals surface area contributed by atoms with E-state index in [9.17, 15) is 4.39 Å². The van der Waals surface area contributed by atoms with Crippen molar-refractivity contribution < 1.29 is 4.39 Å². The standard InChI is InChI=1S/C16H17FN2S/c1-11(2)12-6-5-7-13(10-12)18-16(20)19-15-9-4-3-8-14(15)17/h3-11H,1-2H3,(H2,18,19,20). The fraction of sp³-hybridized carbons (Fsp3) is 0.188. The van der Waals surface area contributed by atoms with Crippen molar-refractivity contribution in [2.24, 2.45) is 0 Å². The number of rotatable bonds is 3. The molecular formula is C16H17FN2S. The molecule has 0 aromatic heterocycles. The zero-order valence-electron chi connectivity index (χ0n) is 11.5. The molecule has 0 bridgehead atoms. The van der Waals surface area contributed by atoms with Crippen molar-refractivity contribution in [2.75, 3.05) is 10.6 Å². The molecule has 4 heteroatoms. The first-order chi connectivity index (χ1) is 9.56. The highest BCUT2D eigenvalue weighted by Crippen LogP contribution is 2.19. The van der Waals surface area contributed by atoms with Gasteiger partial charge in [-0.3, -0.25) is 0 Å². The van der Waals surface area contributed by atoms with Crippen LogP contribution in [0.1, 0.15) is 25.3 Å². The third kappa shape index (κ3) is 3.78. The maximum atomic E-state index is 13.5. The largest absolute Gasteiger partial charge is 0.332 e. The van der Waals surface area contributed by atoms with Crippen LogP contribution in [-0.2, 0) is 0 Å². The Morgan fingerprint density at radius 3 is 2.50 bits per heavy atom. The molecule has 2 aromatic carbocycles. The molecule has 0 aliphatic carbocycles. The van der Waals surface area contributed by atoms with Gasteiger partial charge in [-0.1, -0.05) is 38.1 Å². The Bertz CT molecular complexity index is 611. The highest BCUT2D eigenvalue weighted by Gasteiger charge is 2.04. The summed E-state index contributed by atoms with van der Waals surface area (Å²) >= 11 is 5.20. The third-order valence-corrected chi connectivity index (χ3v) is 3.14. The Balaban J connectivity index is 2.05. The van der Waals surface area contributed by atoms with Crippen LogP contribution in [0.4, 0.5) is 15.8 Å². The SMILES string of the molecule is CC(C)c1cccc(NC(=S)Nc2ccccc2F)c1. The third-order valence-electron chi connectivity index (χ3n) is 2.93. The molecule has 2 nitrogen and oxygen atoms in total. The van der Waals surface area contributed by atoms with Crippen LogP contribution >= 0.6 is 12.2 Å². The van der Waals surface area contributed by atoms with E-state index in [-0.39, 0.29) is 5.82 Å². The fourth-order valence-electron chi connectivity index (χ4n) is 1.82. The van der Waals surface area contributed by atoms with E-state index >= 15 is 0 Å². The van der Waals surface area contributed by atoms with Gasteiger partial charge < -0.3 is 10.6 Å². The highest BCUT2D eigenvalue weighted by molar-refractivity contribution is 7.80. The predicted molar refractivity (Wildman–Crippen MR) is 86.8 cm³/mol. The Kier molecular flexibility index (Phi) is 4.69. The molecule has 2 rings (SSSR count). The van der Waals surface area contributed by atoms with E-state index in [2.05, 4.69) is 30.5 Å². The smallest absolute Gasteiger partial charge is 0.175 e. The number of hydrogen-bond donors (Lipinski definition) is 2. The summed E-state index contributed by atoms with van der Waals surface area (Å²) in [6.45, 7) is 4.27. The van der Waals surface area contributed by atoms with Gasteiger partial charge >= 0.3 is 0 Å². The van der Waals surface area contributed by atoms with Gasteiger partial charge in [-0.05, 0) is 48.0 Å². The first kappa shape index (κ1) is 14.5. The van der Waals surface area contributed by atoms with Crippen molar-refractivity contribution in [3.63, 3.8) is 0 Å². The van der Waals surface area contributed by atoms with Gasteiger partial charge in [0.2, 0.25) is 0 Å². The van der Waals surface area contributed by atoms with Gasteiger partial charge in [-0.2, -0.15) is 0 Å². The van der Waals surface area contributed by atoms with Crippen LogP contribution < -0.4 is 10.6 Å². The highest BCUT2D eigenvalue weighted by atomic mass is 32.1. The van der Waals surface area contributed by atoms with Gasteiger partial charge in [0.05, 0.1) is 5.69 Å². The van der Waals surface area contributed by atoms with E-state index in [4.69, 9.17) is 12.2 Å². The summed E-state index contributed by atoms with van der Waals surface area (Å²) in [5.41, 5.74) is 2.48. The quantitative estimate of drug-likeness (QED) is 0.796. The van der Waals surface area contributed by atoms with Crippen LogP contribution in [0.3, 0.4) is 0 Å². The van der Waals surface area contributed by atoms with Crippen molar-refractivity contribution in [1.82, 2.24) is 0 Å². The zero-order chi connectivity index (χ0) is 14.5. The van der Waals surface area contributed by atoms with Gasteiger partial charge in [0.1, 0.15) is 5.82 Å². The molecule has 0 heterocycles. The Morgan fingerprint density at radius 1 is 1.05 bits per heavy atom. The molecule has 0 unspecified atom stereocenters. The van der Waals surface area contributed by atoms with Crippen LogP contribution in [0.25, 0.3) is 0 Å². The molecule has 20 heavy (non-hydrogen) atoms. The summed E-state index contributed by atoms with van der Waals surface area (Å²) in [5.74, 6) is 0.123. The predicted octanol–water partition coefficient (Wildman–Crippen LogP) is 4.76. The Hall–Kier alpha value is -1.94. The van der Waals surface area contributed by atoms with E-state index in [0.717, 1.165) is 5.69 Å². The molecule has 0 fully saturated rings. The summed E-state index contributed by atoms with van der Waals surface area (Å²) in [5, 5.41) is 6.29. The van der Waals surface area contributed by atoms with Crippen molar-refractivity contribution >= 4 is 28.7 Å². The summed E-state index contributed by atoms with van der Waals surface area (Å²) in [6, 6.07) is 14.5. The minimum Gasteiger partial charge on any atom is -0.332 e. The van der Waals surface area contributed by atoms with E-state index in [1.807, 2.05) is 18.2 Å². The number of para-hydroxylation sites is 1. The van der Waals surface area contributed by atoms with Crippen molar-refractivity contribution in [3.8, 4) is 0 Å². The maximum absolute atomic E-state index is 13.5. The molecule has 0 aliphatic heterocycles. The second kappa shape index (κ2) is 6.48. The molecule has 0 aliphatic rings. The average Bonchev–Trinajstić information content (AvgIpc) is 2.41. The number of thiocarbonyl (C=S) groups is 1. The van der Waals surface area contributed by atoms with E-state index in [1.54, 1.807) is 18.2 Å². The number of halogens is 1. The second-order valence-corrected chi connectivity index (χ2v) is 5.25. The van der Waals surface area contributed by atoms with Crippen molar-refractivity contribution in [3.05, 3.63) is 59.9 Å². The summed E-state index contributed by atoms with van der Waals surface area (Å²) in [6.07, 6.45) is 0. The summed E-state index contributed by atoms with van der Waals surface area (Å²) in [7, 11) is 0. The number of anilines is 2. The van der Waals surface area contributed by atoms with Crippen LogP contribution in [-0.4, -0.2) is 5.11 Å². The lowest BCUT2D eigenvalue weighted by molar-refractivity contribution is 0.632. The summed E-state index contributed by atoms with van der Waals surface area (Å²) < 4.78 is 13.5. The van der Waals surface area contributed by atoms with E-state index in [0.29, 0.717) is 16.7 Å². The number of hydrogen-bond acceptors (Lipinski definition) is 1. The van der Waals surface area contributed by atoms with Crippen LogP contribution in [0.15, 0.2) is 48.5 Å². The molecular weight excluding hydrogens is 271 g/mol. The molecule has 0 saturated heterocycles. The second-order valence-electron chi connectivity index (χ2n) is 4.84. The van der Waals surface area contributed by atoms with Crippen molar-refractivity contribution in [1.29, 1.82) is 0 Å². The fourth-order valence-corrected chi connectivity index (χ4v) is 2.05. The first-order valence-corrected chi connectivity index (χ1v) is 6.89. The molecule has 2 N–H and O–H groups in total. The zero-order valence-corrected chi connectivity index (χ0v) is 12.3. The Morgan fingerprint density at radius 2 is 1.80 bits per heavy atom. The molecule has 0 amide bonds. The van der Waals surface area contributed by atoms with Crippen LogP contribution in [0, 0.1) is 5.82 Å². The average molecular weight is 288 g/mol. The lowest BCUT2D eigenvalue weighted by Gasteiger charge is -2.13. The topological polar surface area (TPSA) is 24.1 Å². The molecule has 2 aromatic rings. The van der Waals surface area contributed by atoms with Crippen LogP contribution in [0.5, 0.6) is 0 Å².